The van der Waals surface area contributed by atoms with Gasteiger partial charge < -0.3 is 14.2 Å². The van der Waals surface area contributed by atoms with Gasteiger partial charge in [0.15, 0.2) is 6.10 Å². The predicted molar refractivity (Wildman–Crippen MR) is 224 cm³/mol. The molecule has 0 saturated heterocycles. The van der Waals surface area contributed by atoms with Crippen molar-refractivity contribution >= 4 is 17.9 Å². The molecule has 6 heteroatoms. The van der Waals surface area contributed by atoms with Crippen molar-refractivity contribution in [3.05, 3.63) is 0 Å². The summed E-state index contributed by atoms with van der Waals surface area (Å²) >= 11 is 0. The van der Waals surface area contributed by atoms with Crippen molar-refractivity contribution in [2.24, 2.45) is 17.8 Å². The van der Waals surface area contributed by atoms with Crippen molar-refractivity contribution in [2.75, 3.05) is 13.2 Å². The Morgan fingerprint density at radius 1 is 0.377 bits per heavy atom. The molecular formula is C47H90O6. The van der Waals surface area contributed by atoms with Crippen LogP contribution in [0.15, 0.2) is 0 Å². The van der Waals surface area contributed by atoms with Crippen molar-refractivity contribution in [3.8, 4) is 0 Å². The Hall–Kier alpha value is -1.59. The maximum absolute atomic E-state index is 12.7. The lowest BCUT2D eigenvalue weighted by atomic mass is 10.00. The zero-order chi connectivity index (χ0) is 39.2. The Morgan fingerprint density at radius 2 is 0.660 bits per heavy atom. The van der Waals surface area contributed by atoms with E-state index >= 15 is 0 Å². The maximum atomic E-state index is 12.7. The number of unbranched alkanes of at least 4 members (excludes halogenated alkanes) is 22. The zero-order valence-electron chi connectivity index (χ0n) is 36.3. The first-order valence-electron chi connectivity index (χ1n) is 23.1. The Balaban J connectivity index is 4.34. The molecule has 0 aliphatic heterocycles. The van der Waals surface area contributed by atoms with Gasteiger partial charge in [0.25, 0.3) is 0 Å². The van der Waals surface area contributed by atoms with E-state index in [1.165, 1.54) is 128 Å². The third-order valence-electron chi connectivity index (χ3n) is 10.8. The van der Waals surface area contributed by atoms with Gasteiger partial charge in [-0.2, -0.15) is 0 Å². The predicted octanol–water partition coefficient (Wildman–Crippen LogP) is 14.4. The molecule has 0 amide bonds. The highest BCUT2D eigenvalue weighted by atomic mass is 16.6. The number of rotatable bonds is 40. The van der Waals surface area contributed by atoms with Gasteiger partial charge in [0.05, 0.1) is 0 Å². The SMILES string of the molecule is CCC(C)CCCCCCCCC(=O)OC[C@@H](COC(=O)CCCCCCCCCCCCCC(C)C)OC(=O)CCCCCCCCCCC(C)C. The normalized spacial score (nSPS) is 12.7. The largest absolute Gasteiger partial charge is 0.462 e. The average molecular weight is 751 g/mol. The smallest absolute Gasteiger partial charge is 0.306 e. The van der Waals surface area contributed by atoms with Crippen LogP contribution >= 0.6 is 0 Å². The molecule has 0 aliphatic rings. The minimum Gasteiger partial charge on any atom is -0.462 e. The second-order valence-corrected chi connectivity index (χ2v) is 17.2. The number of esters is 3. The van der Waals surface area contributed by atoms with E-state index in [1.54, 1.807) is 0 Å². The number of carbonyl (C=O) groups is 3. The number of hydrogen-bond donors (Lipinski definition) is 0. The van der Waals surface area contributed by atoms with Crippen LogP contribution in [0.5, 0.6) is 0 Å². The first kappa shape index (κ1) is 51.4. The fourth-order valence-electron chi connectivity index (χ4n) is 6.85. The molecule has 0 aromatic heterocycles. The fraction of sp³-hybridized carbons (Fsp3) is 0.936. The van der Waals surface area contributed by atoms with Gasteiger partial charge in [-0.1, -0.05) is 208 Å². The summed E-state index contributed by atoms with van der Waals surface area (Å²) in [6.07, 6.45) is 35.2. The van der Waals surface area contributed by atoms with E-state index in [-0.39, 0.29) is 31.1 Å². The van der Waals surface area contributed by atoms with Crippen LogP contribution in [0, 0.1) is 17.8 Å². The van der Waals surface area contributed by atoms with Gasteiger partial charge in [-0.25, -0.2) is 0 Å². The Bertz CT molecular complexity index is 824. The van der Waals surface area contributed by atoms with Crippen molar-refractivity contribution in [3.63, 3.8) is 0 Å². The molecule has 0 rings (SSSR count). The van der Waals surface area contributed by atoms with E-state index in [0.29, 0.717) is 19.3 Å². The number of carbonyl (C=O) groups excluding carboxylic acids is 3. The van der Waals surface area contributed by atoms with E-state index in [0.717, 1.165) is 75.5 Å². The monoisotopic (exact) mass is 751 g/mol. The summed E-state index contributed by atoms with van der Waals surface area (Å²) < 4.78 is 16.7. The first-order valence-corrected chi connectivity index (χ1v) is 23.1. The third-order valence-corrected chi connectivity index (χ3v) is 10.8. The zero-order valence-corrected chi connectivity index (χ0v) is 36.3. The van der Waals surface area contributed by atoms with Crippen LogP contribution in [0.3, 0.4) is 0 Å². The lowest BCUT2D eigenvalue weighted by molar-refractivity contribution is -0.167. The maximum Gasteiger partial charge on any atom is 0.306 e. The molecule has 0 aromatic carbocycles. The summed E-state index contributed by atoms with van der Waals surface area (Å²) in [6.45, 7) is 13.6. The molecular weight excluding hydrogens is 661 g/mol. The Kier molecular flexibility index (Phi) is 37.5. The van der Waals surface area contributed by atoms with Crippen molar-refractivity contribution in [1.29, 1.82) is 0 Å². The van der Waals surface area contributed by atoms with E-state index in [9.17, 15) is 14.4 Å². The Morgan fingerprint density at radius 3 is 0.981 bits per heavy atom. The van der Waals surface area contributed by atoms with Gasteiger partial charge in [-0.05, 0) is 37.0 Å². The standard InChI is InChI=1S/C47H90O6/c1-7-43(6)35-29-23-19-20-25-31-37-46(49)52-40-44(53-47(50)38-32-26-18-14-13-16-22-28-34-42(4)5)39-51-45(48)36-30-24-17-12-10-8-9-11-15-21-27-33-41(2)3/h41-44H,7-40H2,1-6H3/t43?,44-/m1/s1. The third kappa shape index (κ3) is 39.9. The molecule has 6 nitrogen and oxygen atoms in total. The van der Waals surface area contributed by atoms with Crippen LogP contribution in [0.1, 0.15) is 247 Å². The molecule has 0 saturated carbocycles. The lowest BCUT2D eigenvalue weighted by Crippen LogP contribution is -2.30. The second-order valence-electron chi connectivity index (χ2n) is 17.2. The van der Waals surface area contributed by atoms with E-state index < -0.39 is 6.10 Å². The van der Waals surface area contributed by atoms with Crippen LogP contribution in [0.4, 0.5) is 0 Å². The summed E-state index contributed by atoms with van der Waals surface area (Å²) in [5, 5.41) is 0. The van der Waals surface area contributed by atoms with Crippen molar-refractivity contribution in [1.82, 2.24) is 0 Å². The molecule has 53 heavy (non-hydrogen) atoms. The topological polar surface area (TPSA) is 78.9 Å². The molecule has 2 atom stereocenters. The molecule has 0 heterocycles. The molecule has 0 N–H and O–H groups in total. The molecule has 0 fully saturated rings. The number of ether oxygens (including phenoxy) is 3. The molecule has 0 bridgehead atoms. The summed E-state index contributed by atoms with van der Waals surface area (Å²) in [6, 6.07) is 0. The summed E-state index contributed by atoms with van der Waals surface area (Å²) in [5.41, 5.74) is 0. The van der Waals surface area contributed by atoms with Gasteiger partial charge in [0.2, 0.25) is 0 Å². The highest BCUT2D eigenvalue weighted by molar-refractivity contribution is 5.71. The second kappa shape index (κ2) is 38.7. The number of hydrogen-bond acceptors (Lipinski definition) is 6. The quantitative estimate of drug-likeness (QED) is 0.0352. The molecule has 0 aromatic rings. The molecule has 314 valence electrons. The van der Waals surface area contributed by atoms with Crippen LogP contribution < -0.4 is 0 Å². The fourth-order valence-corrected chi connectivity index (χ4v) is 6.85. The lowest BCUT2D eigenvalue weighted by Gasteiger charge is -2.18. The molecule has 0 aliphatic carbocycles. The van der Waals surface area contributed by atoms with Gasteiger partial charge in [0, 0.05) is 19.3 Å². The minimum atomic E-state index is -0.762. The molecule has 0 spiro atoms. The highest BCUT2D eigenvalue weighted by Gasteiger charge is 2.19. The van der Waals surface area contributed by atoms with E-state index in [1.807, 2.05) is 0 Å². The summed E-state index contributed by atoms with van der Waals surface area (Å²) in [5.74, 6) is 1.57. The highest BCUT2D eigenvalue weighted by Crippen LogP contribution is 2.17. The van der Waals surface area contributed by atoms with E-state index in [2.05, 4.69) is 41.5 Å². The molecule has 1 unspecified atom stereocenters. The minimum absolute atomic E-state index is 0.0667. The van der Waals surface area contributed by atoms with Gasteiger partial charge in [0.1, 0.15) is 13.2 Å². The van der Waals surface area contributed by atoms with Gasteiger partial charge in [-0.15, -0.1) is 0 Å². The van der Waals surface area contributed by atoms with Gasteiger partial charge in [-0.3, -0.25) is 14.4 Å². The molecule has 0 radical (unpaired) electrons. The van der Waals surface area contributed by atoms with Crippen LogP contribution in [-0.4, -0.2) is 37.2 Å². The van der Waals surface area contributed by atoms with Crippen molar-refractivity contribution in [2.45, 2.75) is 253 Å². The van der Waals surface area contributed by atoms with E-state index in [4.69, 9.17) is 14.2 Å². The first-order chi connectivity index (χ1) is 25.6. The average Bonchev–Trinajstić information content (AvgIpc) is 3.12. The summed E-state index contributed by atoms with van der Waals surface area (Å²) in [4.78, 5) is 37.7. The van der Waals surface area contributed by atoms with Gasteiger partial charge >= 0.3 is 17.9 Å². The summed E-state index contributed by atoms with van der Waals surface area (Å²) in [7, 11) is 0. The van der Waals surface area contributed by atoms with Crippen LogP contribution in [0.25, 0.3) is 0 Å². The van der Waals surface area contributed by atoms with Crippen LogP contribution in [-0.2, 0) is 28.6 Å². The van der Waals surface area contributed by atoms with Crippen molar-refractivity contribution < 1.29 is 28.6 Å². The van der Waals surface area contributed by atoms with Crippen LogP contribution in [0.2, 0.25) is 0 Å². The Labute approximate surface area is 329 Å².